The molecule has 0 unspecified atom stereocenters. The van der Waals surface area contributed by atoms with Crippen molar-refractivity contribution in [1.29, 1.82) is 0 Å². The second kappa shape index (κ2) is 5.16. The van der Waals surface area contributed by atoms with Crippen molar-refractivity contribution in [3.8, 4) is 0 Å². The summed E-state index contributed by atoms with van der Waals surface area (Å²) < 4.78 is 0.134. The van der Waals surface area contributed by atoms with E-state index in [4.69, 9.17) is 12.6 Å². The molecule has 0 bridgehead atoms. The van der Waals surface area contributed by atoms with Crippen molar-refractivity contribution >= 4 is 12.6 Å². The zero-order valence-corrected chi connectivity index (χ0v) is 9.14. The summed E-state index contributed by atoms with van der Waals surface area (Å²) >= 11 is 5.08. The first-order chi connectivity index (χ1) is 3.06. The fourth-order valence-corrected chi connectivity index (χ4v) is 0.806. The molecule has 0 N–H and O–H groups in total. The molecule has 0 nitrogen and oxygen atoms in total. The van der Waals surface area contributed by atoms with E-state index in [1.54, 1.807) is 0 Å². The third kappa shape index (κ3) is 10.4. The van der Waals surface area contributed by atoms with E-state index in [-0.39, 0.29) is 34.3 Å². The van der Waals surface area contributed by atoms with Crippen LogP contribution in [-0.2, 0) is 12.6 Å². The Kier molecular flexibility index (Phi) is 7.78. The molecule has 44 valence electrons. The van der Waals surface area contributed by atoms with E-state index in [0.29, 0.717) is 0 Å². The quantitative estimate of drug-likeness (QED) is 0.354. The Balaban J connectivity index is 0. The van der Waals surface area contributed by atoms with Gasteiger partial charge in [-0.05, 0) is 0 Å². The van der Waals surface area contributed by atoms with Gasteiger partial charge in [0.1, 0.15) is 0 Å². The molecule has 2 heteroatoms. The van der Waals surface area contributed by atoms with Gasteiger partial charge in [0.2, 0.25) is 0 Å². The summed E-state index contributed by atoms with van der Waals surface area (Å²) in [5.41, 5.74) is 0. The molecule has 0 saturated heterocycles. The third-order valence-electron chi connectivity index (χ3n) is 0.852. The van der Waals surface area contributed by atoms with E-state index in [1.807, 2.05) is 0 Å². The molecule has 0 aliphatic rings. The fourth-order valence-electron chi connectivity index (χ4n) is 0.602. The van der Waals surface area contributed by atoms with E-state index in [0.717, 1.165) is 6.42 Å². The molecule has 0 aliphatic carbocycles. The largest absolute Gasteiger partial charge is 1.00 e. The molecule has 0 fully saturated rings. The molecule has 0 heterocycles. The van der Waals surface area contributed by atoms with Crippen LogP contribution in [0.4, 0.5) is 0 Å². The van der Waals surface area contributed by atoms with Crippen LogP contribution in [0.5, 0.6) is 0 Å². The molecular weight excluding hydrogens is 127 g/mol. The average molecular weight is 140 g/mol. The topological polar surface area (TPSA) is 0 Å². The maximum absolute atomic E-state index is 5.08. The third-order valence-corrected chi connectivity index (χ3v) is 1.06. The predicted molar refractivity (Wildman–Crippen MR) is 36.4 cm³/mol. The normalized spacial score (nSPS) is 10.5. The second-order valence-electron chi connectivity index (χ2n) is 2.51. The van der Waals surface area contributed by atoms with Crippen LogP contribution in [0.1, 0.15) is 33.6 Å². The van der Waals surface area contributed by atoms with Crippen LogP contribution in [0.2, 0.25) is 0 Å². The van der Waals surface area contributed by atoms with Gasteiger partial charge in [0.25, 0.3) is 0 Å². The Morgan fingerprint density at radius 2 is 1.75 bits per heavy atom. The molecule has 0 aromatic heterocycles. The number of hydrogen-bond donors (Lipinski definition) is 0. The van der Waals surface area contributed by atoms with Gasteiger partial charge >= 0.3 is 29.6 Å². The maximum Gasteiger partial charge on any atom is 1.00 e. The minimum Gasteiger partial charge on any atom is -0.786 e. The van der Waals surface area contributed by atoms with Gasteiger partial charge in [-0.15, -0.1) is 0 Å². The molecule has 0 atom stereocenters. The number of rotatable bonds is 2. The first-order valence-corrected chi connectivity index (χ1v) is 3.17. The average Bonchev–Trinajstić information content (AvgIpc) is 1.30. The van der Waals surface area contributed by atoms with Crippen molar-refractivity contribution in [1.82, 2.24) is 0 Å². The molecule has 8 heavy (non-hydrogen) atoms. The molecular formula is C6H13NaS. The minimum atomic E-state index is 0. The standard InChI is InChI=1S/C6H14S.Na/c1-4-5-6(2,3)7;/h7H,4-5H2,1-3H3;/q;+1/p-1. The molecule has 0 rings (SSSR count). The Bertz CT molecular complexity index is 47.0. The summed E-state index contributed by atoms with van der Waals surface area (Å²) in [5.74, 6) is 0. The molecule has 0 radical (unpaired) electrons. The van der Waals surface area contributed by atoms with Gasteiger partial charge < -0.3 is 12.6 Å². The SMILES string of the molecule is CCCC(C)(C)[S-].[Na+]. The smallest absolute Gasteiger partial charge is 0.786 e. The van der Waals surface area contributed by atoms with Crippen LogP contribution in [-0.4, -0.2) is 4.75 Å². The Labute approximate surface area is 80.1 Å². The van der Waals surface area contributed by atoms with Gasteiger partial charge in [0, 0.05) is 0 Å². The summed E-state index contributed by atoms with van der Waals surface area (Å²) in [6, 6.07) is 0. The van der Waals surface area contributed by atoms with Gasteiger partial charge in [-0.3, -0.25) is 0 Å². The van der Waals surface area contributed by atoms with E-state index < -0.39 is 0 Å². The predicted octanol–water partition coefficient (Wildman–Crippen LogP) is -0.884. The number of hydrogen-bond acceptors (Lipinski definition) is 1. The van der Waals surface area contributed by atoms with Gasteiger partial charge in [-0.1, -0.05) is 33.6 Å². The van der Waals surface area contributed by atoms with Gasteiger partial charge in [0.05, 0.1) is 0 Å². The zero-order chi connectivity index (χ0) is 5.91. The van der Waals surface area contributed by atoms with Crippen molar-refractivity contribution in [3.63, 3.8) is 0 Å². The van der Waals surface area contributed by atoms with Crippen LogP contribution in [0.3, 0.4) is 0 Å². The van der Waals surface area contributed by atoms with Gasteiger partial charge in [0.15, 0.2) is 0 Å². The van der Waals surface area contributed by atoms with Crippen molar-refractivity contribution in [3.05, 3.63) is 0 Å². The first kappa shape index (κ1) is 12.1. The van der Waals surface area contributed by atoms with Crippen LogP contribution >= 0.6 is 0 Å². The van der Waals surface area contributed by atoms with Gasteiger partial charge in [-0.25, -0.2) is 0 Å². The van der Waals surface area contributed by atoms with Gasteiger partial charge in [-0.2, -0.15) is 4.75 Å². The second-order valence-corrected chi connectivity index (χ2v) is 3.61. The van der Waals surface area contributed by atoms with Crippen LogP contribution in [0.25, 0.3) is 0 Å². The summed E-state index contributed by atoms with van der Waals surface area (Å²) in [5, 5.41) is 0. The Morgan fingerprint density at radius 1 is 1.38 bits per heavy atom. The van der Waals surface area contributed by atoms with E-state index in [9.17, 15) is 0 Å². The minimum absolute atomic E-state index is 0. The monoisotopic (exact) mass is 140 g/mol. The van der Waals surface area contributed by atoms with Crippen molar-refractivity contribution in [2.24, 2.45) is 0 Å². The van der Waals surface area contributed by atoms with Crippen LogP contribution in [0, 0.1) is 0 Å². The van der Waals surface area contributed by atoms with Crippen molar-refractivity contribution in [2.75, 3.05) is 0 Å². The summed E-state index contributed by atoms with van der Waals surface area (Å²) in [6.45, 7) is 6.34. The molecule has 0 saturated carbocycles. The summed E-state index contributed by atoms with van der Waals surface area (Å²) in [4.78, 5) is 0. The summed E-state index contributed by atoms with van der Waals surface area (Å²) in [7, 11) is 0. The molecule has 0 amide bonds. The Morgan fingerprint density at radius 3 is 1.75 bits per heavy atom. The maximum atomic E-state index is 5.08. The molecule has 0 aromatic carbocycles. The van der Waals surface area contributed by atoms with E-state index in [1.165, 1.54) is 6.42 Å². The molecule has 0 aromatic rings. The molecule has 0 aliphatic heterocycles. The Hall–Kier alpha value is 1.35. The molecule has 0 spiro atoms. The van der Waals surface area contributed by atoms with E-state index in [2.05, 4.69) is 20.8 Å². The first-order valence-electron chi connectivity index (χ1n) is 2.76. The summed E-state index contributed by atoms with van der Waals surface area (Å²) in [6.07, 6.45) is 2.36. The van der Waals surface area contributed by atoms with Crippen LogP contribution < -0.4 is 29.6 Å². The van der Waals surface area contributed by atoms with Crippen LogP contribution in [0.15, 0.2) is 0 Å². The van der Waals surface area contributed by atoms with Crippen molar-refractivity contribution < 1.29 is 29.6 Å². The van der Waals surface area contributed by atoms with Crippen molar-refractivity contribution in [2.45, 2.75) is 38.4 Å². The van der Waals surface area contributed by atoms with E-state index >= 15 is 0 Å². The fraction of sp³-hybridized carbons (Fsp3) is 1.00. The zero-order valence-electron chi connectivity index (χ0n) is 6.32.